The van der Waals surface area contributed by atoms with E-state index in [1.165, 1.54) is 5.56 Å². The minimum absolute atomic E-state index is 0.0935. The Balaban J connectivity index is 1.65. The van der Waals surface area contributed by atoms with Crippen LogP contribution >= 0.6 is 0 Å². The molecule has 1 aliphatic heterocycles. The maximum Gasteiger partial charge on any atom is 0.239 e. The Morgan fingerprint density at radius 2 is 1.81 bits per heavy atom. The Kier molecular flexibility index (Phi) is 4.59. The number of methoxy groups -OCH3 is 1. The summed E-state index contributed by atoms with van der Waals surface area (Å²) in [5.74, 6) is 0.785. The SMILES string of the molecule is COc1ccc(C2CCCN2S(=O)(=O)C2=Cc3ccccc3CC2)cc1. The summed E-state index contributed by atoms with van der Waals surface area (Å²) in [6, 6.07) is 15.7. The van der Waals surface area contributed by atoms with Crippen LogP contribution in [-0.2, 0) is 16.4 Å². The van der Waals surface area contributed by atoms with E-state index < -0.39 is 10.0 Å². The van der Waals surface area contributed by atoms with Crippen molar-refractivity contribution in [1.29, 1.82) is 0 Å². The molecule has 1 saturated heterocycles. The van der Waals surface area contributed by atoms with Crippen LogP contribution in [0.15, 0.2) is 53.4 Å². The van der Waals surface area contributed by atoms with Gasteiger partial charge >= 0.3 is 0 Å². The largest absolute Gasteiger partial charge is 0.497 e. The first-order chi connectivity index (χ1) is 12.6. The molecule has 0 aromatic heterocycles. The molecule has 1 unspecified atom stereocenters. The van der Waals surface area contributed by atoms with Crippen LogP contribution in [0, 0.1) is 0 Å². The summed E-state index contributed by atoms with van der Waals surface area (Å²) in [6.07, 6.45) is 4.96. The summed E-state index contributed by atoms with van der Waals surface area (Å²) in [5.41, 5.74) is 3.28. The predicted octanol–water partition coefficient (Wildman–Crippen LogP) is 4.15. The zero-order valence-corrected chi connectivity index (χ0v) is 15.7. The topological polar surface area (TPSA) is 46.6 Å². The molecule has 4 nitrogen and oxygen atoms in total. The van der Waals surface area contributed by atoms with Crippen molar-refractivity contribution in [1.82, 2.24) is 4.31 Å². The number of allylic oxidation sites excluding steroid dienone is 1. The fourth-order valence-electron chi connectivity index (χ4n) is 3.95. The second-order valence-electron chi connectivity index (χ2n) is 6.86. The maximum atomic E-state index is 13.3. The Hall–Kier alpha value is -2.11. The molecule has 1 heterocycles. The first-order valence-electron chi connectivity index (χ1n) is 9.04. The number of hydrogen-bond acceptors (Lipinski definition) is 3. The van der Waals surface area contributed by atoms with Gasteiger partial charge in [0.1, 0.15) is 5.75 Å². The van der Waals surface area contributed by atoms with Crippen molar-refractivity contribution < 1.29 is 13.2 Å². The normalized spacial score (nSPS) is 20.5. The highest BCUT2D eigenvalue weighted by molar-refractivity contribution is 7.93. The van der Waals surface area contributed by atoms with Crippen LogP contribution in [0.25, 0.3) is 6.08 Å². The zero-order chi connectivity index (χ0) is 18.1. The van der Waals surface area contributed by atoms with Gasteiger partial charge in [-0.15, -0.1) is 0 Å². The third-order valence-electron chi connectivity index (χ3n) is 5.36. The number of nitrogens with zero attached hydrogens (tertiary/aromatic N) is 1. The van der Waals surface area contributed by atoms with E-state index in [-0.39, 0.29) is 6.04 Å². The minimum atomic E-state index is -3.45. The zero-order valence-electron chi connectivity index (χ0n) is 14.9. The van der Waals surface area contributed by atoms with E-state index in [2.05, 4.69) is 6.07 Å². The Morgan fingerprint density at radius 1 is 1.04 bits per heavy atom. The fourth-order valence-corrected chi connectivity index (χ4v) is 5.82. The molecule has 26 heavy (non-hydrogen) atoms. The number of benzene rings is 2. The Bertz CT molecular complexity index is 932. The second-order valence-corrected chi connectivity index (χ2v) is 8.80. The monoisotopic (exact) mass is 369 g/mol. The molecule has 0 spiro atoms. The van der Waals surface area contributed by atoms with E-state index in [9.17, 15) is 8.42 Å². The van der Waals surface area contributed by atoms with E-state index in [0.717, 1.165) is 36.1 Å². The first kappa shape index (κ1) is 17.3. The molecule has 2 aromatic carbocycles. The van der Waals surface area contributed by atoms with E-state index in [1.54, 1.807) is 11.4 Å². The van der Waals surface area contributed by atoms with E-state index >= 15 is 0 Å². The van der Waals surface area contributed by atoms with Crippen molar-refractivity contribution >= 4 is 16.1 Å². The minimum Gasteiger partial charge on any atom is -0.497 e. The molecule has 2 aliphatic rings. The van der Waals surface area contributed by atoms with Crippen molar-refractivity contribution in [3.05, 3.63) is 70.1 Å². The van der Waals surface area contributed by atoms with Gasteiger partial charge in [0.25, 0.3) is 0 Å². The quantitative estimate of drug-likeness (QED) is 0.813. The molecule has 4 rings (SSSR count). The van der Waals surface area contributed by atoms with Crippen molar-refractivity contribution in [3.8, 4) is 5.75 Å². The summed E-state index contributed by atoms with van der Waals surface area (Å²) in [4.78, 5) is 0.539. The molecule has 2 aromatic rings. The van der Waals surface area contributed by atoms with Gasteiger partial charge in [0.15, 0.2) is 0 Å². The summed E-state index contributed by atoms with van der Waals surface area (Å²) >= 11 is 0. The fraction of sp³-hybridized carbons (Fsp3) is 0.333. The van der Waals surface area contributed by atoms with Crippen molar-refractivity contribution in [2.45, 2.75) is 31.7 Å². The predicted molar refractivity (Wildman–Crippen MR) is 103 cm³/mol. The molecule has 0 bridgehead atoms. The van der Waals surface area contributed by atoms with Gasteiger partial charge in [-0.1, -0.05) is 36.4 Å². The van der Waals surface area contributed by atoms with Crippen LogP contribution in [0.2, 0.25) is 0 Å². The lowest BCUT2D eigenvalue weighted by atomic mass is 9.98. The molecular weight excluding hydrogens is 346 g/mol. The van der Waals surface area contributed by atoms with E-state index in [0.29, 0.717) is 17.9 Å². The molecule has 0 saturated carbocycles. The number of sulfonamides is 1. The number of rotatable bonds is 4. The van der Waals surface area contributed by atoms with Crippen LogP contribution in [0.1, 0.15) is 42.0 Å². The highest BCUT2D eigenvalue weighted by Gasteiger charge is 2.37. The van der Waals surface area contributed by atoms with E-state index in [4.69, 9.17) is 4.74 Å². The third-order valence-corrected chi connectivity index (χ3v) is 7.40. The molecule has 1 atom stereocenters. The molecule has 1 aliphatic carbocycles. The summed E-state index contributed by atoms with van der Waals surface area (Å²) in [6.45, 7) is 0.581. The van der Waals surface area contributed by atoms with Crippen molar-refractivity contribution in [3.63, 3.8) is 0 Å². The summed E-state index contributed by atoms with van der Waals surface area (Å²) in [5, 5.41) is 0. The average molecular weight is 369 g/mol. The number of hydrogen-bond donors (Lipinski definition) is 0. The third kappa shape index (κ3) is 3.06. The number of ether oxygens (including phenoxy) is 1. The van der Waals surface area contributed by atoms with Gasteiger partial charge in [-0.05, 0) is 60.6 Å². The number of fused-ring (bicyclic) bond motifs is 1. The number of aryl methyl sites for hydroxylation is 1. The van der Waals surface area contributed by atoms with Gasteiger partial charge in [-0.2, -0.15) is 4.31 Å². The standard InChI is InChI=1S/C21H23NO3S/c1-25-19-11-8-17(9-12-19)21-7-4-14-22(21)26(23,24)20-13-10-16-5-2-3-6-18(16)15-20/h2-3,5-6,8-9,11-12,15,21H,4,7,10,13-14H2,1H3. The van der Waals surface area contributed by atoms with Crippen LogP contribution in [0.4, 0.5) is 0 Å². The van der Waals surface area contributed by atoms with Gasteiger partial charge in [0.2, 0.25) is 10.0 Å². The lowest BCUT2D eigenvalue weighted by Crippen LogP contribution is -2.32. The first-order valence-corrected chi connectivity index (χ1v) is 10.5. The molecular formula is C21H23NO3S. The van der Waals surface area contributed by atoms with Gasteiger partial charge in [0, 0.05) is 6.54 Å². The average Bonchev–Trinajstić information content (AvgIpc) is 3.18. The highest BCUT2D eigenvalue weighted by Crippen LogP contribution is 2.39. The highest BCUT2D eigenvalue weighted by atomic mass is 32.2. The molecule has 136 valence electrons. The van der Waals surface area contributed by atoms with Gasteiger partial charge in [-0.25, -0.2) is 8.42 Å². The maximum absolute atomic E-state index is 13.3. The van der Waals surface area contributed by atoms with Gasteiger partial charge in [0.05, 0.1) is 18.1 Å². The molecule has 0 amide bonds. The van der Waals surface area contributed by atoms with Crippen LogP contribution in [0.3, 0.4) is 0 Å². The van der Waals surface area contributed by atoms with Gasteiger partial charge < -0.3 is 4.74 Å². The molecule has 0 N–H and O–H groups in total. The Morgan fingerprint density at radius 3 is 2.58 bits per heavy atom. The summed E-state index contributed by atoms with van der Waals surface area (Å²) in [7, 11) is -1.82. The van der Waals surface area contributed by atoms with Crippen molar-refractivity contribution in [2.75, 3.05) is 13.7 Å². The lowest BCUT2D eigenvalue weighted by Gasteiger charge is -2.27. The van der Waals surface area contributed by atoms with Crippen LogP contribution in [-0.4, -0.2) is 26.4 Å². The van der Waals surface area contributed by atoms with Crippen LogP contribution < -0.4 is 4.74 Å². The van der Waals surface area contributed by atoms with Crippen molar-refractivity contribution in [2.24, 2.45) is 0 Å². The lowest BCUT2D eigenvalue weighted by molar-refractivity contribution is 0.397. The smallest absolute Gasteiger partial charge is 0.239 e. The molecule has 1 fully saturated rings. The molecule has 0 radical (unpaired) electrons. The Labute approximate surface area is 155 Å². The second kappa shape index (κ2) is 6.89. The molecule has 5 heteroatoms. The van der Waals surface area contributed by atoms with E-state index in [1.807, 2.05) is 48.5 Å². The van der Waals surface area contributed by atoms with Crippen LogP contribution in [0.5, 0.6) is 5.75 Å². The summed E-state index contributed by atoms with van der Waals surface area (Å²) < 4.78 is 33.6. The van der Waals surface area contributed by atoms with Gasteiger partial charge in [-0.3, -0.25) is 0 Å².